The number of carbonyl (C=O) groups is 2. The molecule has 0 radical (unpaired) electrons. The molecule has 2 aromatic rings. The summed E-state index contributed by atoms with van der Waals surface area (Å²) >= 11 is 2.21. The molecule has 0 aliphatic heterocycles. The molecule has 2 aromatic carbocycles. The summed E-state index contributed by atoms with van der Waals surface area (Å²) in [4.78, 5) is 27.5. The van der Waals surface area contributed by atoms with Gasteiger partial charge in [0, 0.05) is 16.2 Å². The van der Waals surface area contributed by atoms with Gasteiger partial charge in [0.05, 0.1) is 7.11 Å². The summed E-state index contributed by atoms with van der Waals surface area (Å²) in [5.74, 6) is 0.954. The van der Waals surface area contributed by atoms with E-state index in [2.05, 4.69) is 27.9 Å². The van der Waals surface area contributed by atoms with E-state index in [9.17, 15) is 9.59 Å². The van der Waals surface area contributed by atoms with Gasteiger partial charge >= 0.3 is 0 Å². The average Bonchev–Trinajstić information content (AvgIpc) is 2.73. The van der Waals surface area contributed by atoms with Gasteiger partial charge in [-0.15, -0.1) is 0 Å². The molecule has 1 atom stereocenters. The SMILES string of the molecule is CCC(C(=O)NC(C)C)N(Cc1ccc(OC)cc1)C(=O)COc1ccc(I)cc1. The first-order valence-corrected chi connectivity index (χ1v) is 11.0. The van der Waals surface area contributed by atoms with Crippen LogP contribution in [-0.4, -0.2) is 42.5 Å². The zero-order chi connectivity index (χ0) is 22.1. The highest BCUT2D eigenvalue weighted by Crippen LogP contribution is 2.18. The molecule has 162 valence electrons. The molecule has 0 aromatic heterocycles. The summed E-state index contributed by atoms with van der Waals surface area (Å²) < 4.78 is 12.0. The smallest absolute Gasteiger partial charge is 0.261 e. The van der Waals surface area contributed by atoms with E-state index in [1.54, 1.807) is 12.0 Å². The fourth-order valence-corrected chi connectivity index (χ4v) is 3.35. The van der Waals surface area contributed by atoms with Gasteiger partial charge in [-0.2, -0.15) is 0 Å². The maximum absolute atomic E-state index is 13.1. The Balaban J connectivity index is 2.19. The number of nitrogens with one attached hydrogen (secondary N) is 1. The van der Waals surface area contributed by atoms with E-state index in [1.807, 2.05) is 69.3 Å². The first-order chi connectivity index (χ1) is 14.3. The quantitative estimate of drug-likeness (QED) is 0.477. The van der Waals surface area contributed by atoms with Crippen LogP contribution in [0.5, 0.6) is 11.5 Å². The largest absolute Gasteiger partial charge is 0.497 e. The zero-order valence-corrected chi connectivity index (χ0v) is 20.0. The van der Waals surface area contributed by atoms with Crippen LogP contribution in [0.1, 0.15) is 32.8 Å². The number of hydrogen-bond acceptors (Lipinski definition) is 4. The van der Waals surface area contributed by atoms with Gasteiger partial charge in [0.15, 0.2) is 6.61 Å². The number of halogens is 1. The Hall–Kier alpha value is -2.29. The highest BCUT2D eigenvalue weighted by Gasteiger charge is 2.29. The van der Waals surface area contributed by atoms with E-state index in [4.69, 9.17) is 9.47 Å². The van der Waals surface area contributed by atoms with Crippen molar-refractivity contribution >= 4 is 34.4 Å². The molecule has 0 spiro atoms. The van der Waals surface area contributed by atoms with Gasteiger partial charge < -0.3 is 19.7 Å². The lowest BCUT2D eigenvalue weighted by molar-refractivity contribution is -0.143. The van der Waals surface area contributed by atoms with Crippen LogP contribution in [-0.2, 0) is 16.1 Å². The molecule has 0 bridgehead atoms. The molecule has 30 heavy (non-hydrogen) atoms. The lowest BCUT2D eigenvalue weighted by Crippen LogP contribution is -2.51. The van der Waals surface area contributed by atoms with E-state index >= 15 is 0 Å². The topological polar surface area (TPSA) is 67.9 Å². The van der Waals surface area contributed by atoms with Gasteiger partial charge in [0.25, 0.3) is 5.91 Å². The molecule has 6 nitrogen and oxygen atoms in total. The number of ether oxygens (including phenoxy) is 2. The van der Waals surface area contributed by atoms with Crippen molar-refractivity contribution in [3.05, 3.63) is 57.7 Å². The summed E-state index contributed by atoms with van der Waals surface area (Å²) in [7, 11) is 1.61. The normalized spacial score (nSPS) is 11.7. The van der Waals surface area contributed by atoms with Crippen molar-refractivity contribution in [1.82, 2.24) is 10.2 Å². The number of benzene rings is 2. The van der Waals surface area contributed by atoms with Crippen molar-refractivity contribution < 1.29 is 19.1 Å². The van der Waals surface area contributed by atoms with Crippen LogP contribution in [0.2, 0.25) is 0 Å². The second-order valence-electron chi connectivity index (χ2n) is 7.20. The van der Waals surface area contributed by atoms with Crippen molar-refractivity contribution in [2.24, 2.45) is 0 Å². The Labute approximate surface area is 192 Å². The Morgan fingerprint density at radius 1 is 1.03 bits per heavy atom. The van der Waals surface area contributed by atoms with Crippen molar-refractivity contribution in [2.75, 3.05) is 13.7 Å². The summed E-state index contributed by atoms with van der Waals surface area (Å²) in [6.45, 7) is 5.88. The minimum Gasteiger partial charge on any atom is -0.497 e. The van der Waals surface area contributed by atoms with Crippen LogP contribution < -0.4 is 14.8 Å². The van der Waals surface area contributed by atoms with Crippen molar-refractivity contribution in [1.29, 1.82) is 0 Å². The lowest BCUT2D eigenvalue weighted by Gasteiger charge is -2.31. The third kappa shape index (κ3) is 7.19. The van der Waals surface area contributed by atoms with Crippen LogP contribution in [0.4, 0.5) is 0 Å². The van der Waals surface area contributed by atoms with E-state index < -0.39 is 6.04 Å². The summed E-state index contributed by atoms with van der Waals surface area (Å²) in [6.07, 6.45) is 0.504. The Morgan fingerprint density at radius 3 is 2.17 bits per heavy atom. The second-order valence-corrected chi connectivity index (χ2v) is 8.45. The summed E-state index contributed by atoms with van der Waals surface area (Å²) in [5, 5.41) is 2.92. The third-order valence-corrected chi connectivity index (χ3v) is 5.22. The lowest BCUT2D eigenvalue weighted by atomic mass is 10.1. The molecule has 1 unspecified atom stereocenters. The molecule has 2 amide bonds. The van der Waals surface area contributed by atoms with E-state index in [0.29, 0.717) is 18.7 Å². The molecule has 7 heteroatoms. The van der Waals surface area contributed by atoms with Gasteiger partial charge in [-0.1, -0.05) is 19.1 Å². The summed E-state index contributed by atoms with van der Waals surface area (Å²) in [5.41, 5.74) is 0.911. The van der Waals surface area contributed by atoms with Crippen LogP contribution >= 0.6 is 22.6 Å². The average molecular weight is 524 g/mol. The Kier molecular flexibility index (Phi) is 9.42. The molecule has 0 fully saturated rings. The third-order valence-electron chi connectivity index (χ3n) is 4.50. The number of nitrogens with zero attached hydrogens (tertiary/aromatic N) is 1. The van der Waals surface area contributed by atoms with Gasteiger partial charge in [-0.25, -0.2) is 0 Å². The fourth-order valence-electron chi connectivity index (χ4n) is 2.99. The monoisotopic (exact) mass is 524 g/mol. The van der Waals surface area contributed by atoms with E-state index in [0.717, 1.165) is 14.9 Å². The highest BCUT2D eigenvalue weighted by atomic mass is 127. The van der Waals surface area contributed by atoms with Crippen LogP contribution in [0.15, 0.2) is 48.5 Å². The highest BCUT2D eigenvalue weighted by molar-refractivity contribution is 14.1. The van der Waals surface area contributed by atoms with Crippen molar-refractivity contribution in [2.45, 2.75) is 45.8 Å². The fraction of sp³-hybridized carbons (Fsp3) is 0.391. The number of hydrogen-bond donors (Lipinski definition) is 1. The molecule has 0 heterocycles. The molecular formula is C23H29IN2O4. The molecule has 0 saturated heterocycles. The van der Waals surface area contributed by atoms with Gasteiger partial charge in [-0.3, -0.25) is 9.59 Å². The van der Waals surface area contributed by atoms with Crippen LogP contribution in [0.25, 0.3) is 0 Å². The first kappa shape index (κ1) is 24.0. The second kappa shape index (κ2) is 11.8. The summed E-state index contributed by atoms with van der Waals surface area (Å²) in [6, 6.07) is 14.4. The van der Waals surface area contributed by atoms with Crippen LogP contribution in [0, 0.1) is 3.57 Å². The van der Waals surface area contributed by atoms with Gasteiger partial charge in [-0.05, 0) is 84.8 Å². The van der Waals surface area contributed by atoms with E-state index in [1.165, 1.54) is 0 Å². The molecule has 0 aliphatic rings. The van der Waals surface area contributed by atoms with Crippen LogP contribution in [0.3, 0.4) is 0 Å². The molecular weight excluding hydrogens is 495 g/mol. The molecule has 0 saturated carbocycles. The number of amides is 2. The number of carbonyl (C=O) groups excluding carboxylic acids is 2. The predicted molar refractivity (Wildman–Crippen MR) is 126 cm³/mol. The molecule has 2 rings (SSSR count). The van der Waals surface area contributed by atoms with Gasteiger partial charge in [0.2, 0.25) is 5.91 Å². The van der Waals surface area contributed by atoms with Crippen molar-refractivity contribution in [3.63, 3.8) is 0 Å². The molecule has 1 N–H and O–H groups in total. The first-order valence-electron chi connectivity index (χ1n) is 9.95. The Morgan fingerprint density at radius 2 is 1.63 bits per heavy atom. The zero-order valence-electron chi connectivity index (χ0n) is 17.9. The standard InChI is InChI=1S/C23H29IN2O4/c1-5-21(23(28)25-16(2)3)26(14-17-6-10-19(29-4)11-7-17)22(27)15-30-20-12-8-18(24)9-13-20/h6-13,16,21H,5,14-15H2,1-4H3,(H,25,28). The minimum absolute atomic E-state index is 0.00692. The van der Waals surface area contributed by atoms with E-state index in [-0.39, 0.29) is 24.5 Å². The number of methoxy groups -OCH3 is 1. The maximum Gasteiger partial charge on any atom is 0.261 e. The predicted octanol–water partition coefficient (Wildman–Crippen LogP) is 4.01. The minimum atomic E-state index is -0.581. The van der Waals surface area contributed by atoms with Crippen molar-refractivity contribution in [3.8, 4) is 11.5 Å². The Bertz CT molecular complexity index is 822. The maximum atomic E-state index is 13.1. The van der Waals surface area contributed by atoms with Gasteiger partial charge in [0.1, 0.15) is 17.5 Å². The molecule has 0 aliphatic carbocycles. The number of rotatable bonds is 10.